The number of aryl methyl sites for hydroxylation is 4. The normalized spacial score (nSPS) is 11.2. The first-order chi connectivity index (χ1) is 15.0. The molecule has 0 aliphatic rings. The molecule has 4 nitrogen and oxygen atoms in total. The van der Waals surface area contributed by atoms with Crippen molar-refractivity contribution >= 4 is 32.9 Å². The number of nitrogens with zero attached hydrogens (tertiary/aromatic N) is 1. The molecule has 0 bridgehead atoms. The molecule has 2 N–H and O–H groups in total. The molecule has 3 aromatic carbocycles. The van der Waals surface area contributed by atoms with E-state index in [1.54, 1.807) is 0 Å². The van der Waals surface area contributed by atoms with E-state index in [1.807, 2.05) is 24.3 Å². The lowest BCUT2D eigenvalue weighted by Crippen LogP contribution is -1.79. The molecule has 6 rings (SSSR count). The molecule has 3 aromatic heterocycles. The Morgan fingerprint density at radius 3 is 2.29 bits per heavy atom. The second kappa shape index (κ2) is 7.47. The molecule has 0 saturated heterocycles. The highest BCUT2D eigenvalue weighted by atomic mass is 16.3. The SMILES string of the molecule is Cc1ccc2[nH]c(C)c(-c3nc4ccccc4o3)c2c1.Cc1ccc2[nH]c(C)cc2c1. The summed E-state index contributed by atoms with van der Waals surface area (Å²) in [6.45, 7) is 8.34. The van der Waals surface area contributed by atoms with Crippen LogP contribution in [-0.2, 0) is 0 Å². The standard InChI is InChI=1S/C17H14N2O.C10H11N/c1-10-7-8-13-12(9-10)16(11(2)18-13)17-19-14-5-3-4-6-15(14)20-17;1-7-3-4-10-9(5-7)6-8(2)11-10/h3-9,18H,1-2H3;3-6,11H,1-2H3. The smallest absolute Gasteiger partial charge is 0.229 e. The van der Waals surface area contributed by atoms with Gasteiger partial charge in [-0.15, -0.1) is 0 Å². The fourth-order valence-corrected chi connectivity index (χ4v) is 4.09. The molecule has 0 atom stereocenters. The third kappa shape index (κ3) is 3.61. The van der Waals surface area contributed by atoms with Gasteiger partial charge in [-0.3, -0.25) is 0 Å². The minimum Gasteiger partial charge on any atom is -0.436 e. The summed E-state index contributed by atoms with van der Waals surface area (Å²) in [5, 5.41) is 2.47. The van der Waals surface area contributed by atoms with Crippen molar-refractivity contribution in [3.63, 3.8) is 0 Å². The van der Waals surface area contributed by atoms with Gasteiger partial charge in [0.2, 0.25) is 5.89 Å². The van der Waals surface area contributed by atoms with E-state index in [0.29, 0.717) is 5.89 Å². The zero-order valence-electron chi connectivity index (χ0n) is 18.2. The van der Waals surface area contributed by atoms with E-state index >= 15 is 0 Å². The number of fused-ring (bicyclic) bond motifs is 3. The van der Waals surface area contributed by atoms with Crippen LogP contribution in [-0.4, -0.2) is 15.0 Å². The predicted octanol–water partition coefficient (Wildman–Crippen LogP) is 7.38. The molecule has 0 fully saturated rings. The first-order valence-electron chi connectivity index (χ1n) is 10.5. The number of aromatic amines is 2. The lowest BCUT2D eigenvalue weighted by Gasteiger charge is -1.96. The molecule has 0 spiro atoms. The highest BCUT2D eigenvalue weighted by molar-refractivity contribution is 5.96. The monoisotopic (exact) mass is 407 g/mol. The van der Waals surface area contributed by atoms with Crippen molar-refractivity contribution in [1.29, 1.82) is 0 Å². The van der Waals surface area contributed by atoms with Gasteiger partial charge in [0, 0.05) is 27.8 Å². The van der Waals surface area contributed by atoms with E-state index < -0.39 is 0 Å². The van der Waals surface area contributed by atoms with Crippen LogP contribution in [0.4, 0.5) is 0 Å². The van der Waals surface area contributed by atoms with Gasteiger partial charge in [0.15, 0.2) is 5.58 Å². The van der Waals surface area contributed by atoms with Crippen molar-refractivity contribution in [2.24, 2.45) is 0 Å². The largest absolute Gasteiger partial charge is 0.436 e. The molecule has 0 unspecified atom stereocenters. The molecule has 4 heteroatoms. The van der Waals surface area contributed by atoms with Crippen LogP contribution >= 0.6 is 0 Å². The molecule has 0 amide bonds. The zero-order chi connectivity index (χ0) is 21.5. The number of H-pyrrole nitrogens is 2. The average Bonchev–Trinajstić information content (AvgIpc) is 3.40. The summed E-state index contributed by atoms with van der Waals surface area (Å²) >= 11 is 0. The van der Waals surface area contributed by atoms with E-state index in [0.717, 1.165) is 33.3 Å². The maximum atomic E-state index is 5.91. The van der Waals surface area contributed by atoms with Crippen LogP contribution in [0.2, 0.25) is 0 Å². The molecule has 3 heterocycles. The van der Waals surface area contributed by atoms with Crippen LogP contribution in [0, 0.1) is 27.7 Å². The summed E-state index contributed by atoms with van der Waals surface area (Å²) in [5.74, 6) is 0.681. The molecular formula is C27H25N3O. The van der Waals surface area contributed by atoms with E-state index in [9.17, 15) is 0 Å². The van der Waals surface area contributed by atoms with Crippen molar-refractivity contribution in [1.82, 2.24) is 15.0 Å². The Balaban J connectivity index is 0.000000157. The van der Waals surface area contributed by atoms with Gasteiger partial charge in [-0.2, -0.15) is 0 Å². The van der Waals surface area contributed by atoms with Crippen LogP contribution in [0.25, 0.3) is 44.4 Å². The van der Waals surface area contributed by atoms with Gasteiger partial charge in [-0.05, 0) is 75.5 Å². The highest BCUT2D eigenvalue weighted by Crippen LogP contribution is 2.33. The van der Waals surface area contributed by atoms with Gasteiger partial charge in [0.25, 0.3) is 0 Å². The Morgan fingerprint density at radius 2 is 1.48 bits per heavy atom. The molecular weight excluding hydrogens is 382 g/mol. The first kappa shape index (κ1) is 19.2. The second-order valence-corrected chi connectivity index (χ2v) is 8.20. The second-order valence-electron chi connectivity index (χ2n) is 8.20. The van der Waals surface area contributed by atoms with Crippen LogP contribution in [0.15, 0.2) is 71.1 Å². The molecule has 31 heavy (non-hydrogen) atoms. The van der Waals surface area contributed by atoms with Gasteiger partial charge < -0.3 is 14.4 Å². The maximum Gasteiger partial charge on any atom is 0.229 e. The number of oxazole rings is 1. The molecule has 154 valence electrons. The van der Waals surface area contributed by atoms with Gasteiger partial charge >= 0.3 is 0 Å². The van der Waals surface area contributed by atoms with Crippen molar-refractivity contribution in [2.45, 2.75) is 27.7 Å². The van der Waals surface area contributed by atoms with E-state index in [1.165, 1.54) is 27.7 Å². The predicted molar refractivity (Wildman–Crippen MR) is 129 cm³/mol. The number of hydrogen-bond acceptors (Lipinski definition) is 2. The molecule has 6 aromatic rings. The fourth-order valence-electron chi connectivity index (χ4n) is 4.09. The van der Waals surface area contributed by atoms with Gasteiger partial charge in [-0.25, -0.2) is 4.98 Å². The Hall–Kier alpha value is -3.79. The minimum atomic E-state index is 0.681. The summed E-state index contributed by atoms with van der Waals surface area (Å²) in [6, 6.07) is 22.8. The average molecular weight is 408 g/mol. The number of benzene rings is 3. The van der Waals surface area contributed by atoms with Crippen molar-refractivity contribution in [3.05, 3.63) is 89.2 Å². The summed E-state index contributed by atoms with van der Waals surface area (Å²) in [6.07, 6.45) is 0. The Bertz CT molecular complexity index is 1500. The molecule has 0 aliphatic heterocycles. The quantitative estimate of drug-likeness (QED) is 0.299. The number of nitrogens with one attached hydrogen (secondary N) is 2. The van der Waals surface area contributed by atoms with Crippen LogP contribution < -0.4 is 0 Å². The van der Waals surface area contributed by atoms with Crippen molar-refractivity contribution in [2.75, 3.05) is 0 Å². The minimum absolute atomic E-state index is 0.681. The third-order valence-corrected chi connectivity index (χ3v) is 5.56. The van der Waals surface area contributed by atoms with Crippen LogP contribution in [0.3, 0.4) is 0 Å². The van der Waals surface area contributed by atoms with Gasteiger partial charge in [0.1, 0.15) is 5.52 Å². The number of para-hydroxylation sites is 2. The topological polar surface area (TPSA) is 57.6 Å². The summed E-state index contributed by atoms with van der Waals surface area (Å²) in [7, 11) is 0. The van der Waals surface area contributed by atoms with Gasteiger partial charge in [-0.1, -0.05) is 35.4 Å². The van der Waals surface area contributed by atoms with E-state index in [2.05, 4.69) is 85.1 Å². The number of hydrogen-bond donors (Lipinski definition) is 2. The molecule has 0 aliphatic carbocycles. The third-order valence-electron chi connectivity index (χ3n) is 5.56. The fraction of sp³-hybridized carbons (Fsp3) is 0.148. The molecule has 0 radical (unpaired) electrons. The Kier molecular flexibility index (Phi) is 4.63. The summed E-state index contributed by atoms with van der Waals surface area (Å²) in [4.78, 5) is 11.3. The summed E-state index contributed by atoms with van der Waals surface area (Å²) < 4.78 is 5.91. The van der Waals surface area contributed by atoms with Crippen LogP contribution in [0.5, 0.6) is 0 Å². The highest BCUT2D eigenvalue weighted by Gasteiger charge is 2.16. The molecule has 0 saturated carbocycles. The first-order valence-corrected chi connectivity index (χ1v) is 10.5. The van der Waals surface area contributed by atoms with Crippen LogP contribution in [0.1, 0.15) is 22.5 Å². The zero-order valence-corrected chi connectivity index (χ0v) is 18.2. The van der Waals surface area contributed by atoms with Gasteiger partial charge in [0.05, 0.1) is 5.56 Å². The van der Waals surface area contributed by atoms with Crippen molar-refractivity contribution < 1.29 is 4.42 Å². The Labute approximate surface area is 180 Å². The Morgan fingerprint density at radius 1 is 0.742 bits per heavy atom. The lowest BCUT2D eigenvalue weighted by atomic mass is 10.1. The summed E-state index contributed by atoms with van der Waals surface area (Å²) in [5.41, 5.74) is 9.97. The lowest BCUT2D eigenvalue weighted by molar-refractivity contribution is 0.620. The maximum absolute atomic E-state index is 5.91. The van der Waals surface area contributed by atoms with Crippen molar-refractivity contribution in [3.8, 4) is 11.5 Å². The van der Waals surface area contributed by atoms with E-state index in [-0.39, 0.29) is 0 Å². The number of aromatic nitrogens is 3. The number of rotatable bonds is 1. The van der Waals surface area contributed by atoms with E-state index in [4.69, 9.17) is 4.42 Å².